The first-order valence-electron chi connectivity index (χ1n) is 12.2. The molecule has 2 amide bonds. The predicted octanol–water partition coefficient (Wildman–Crippen LogP) is 3.01. The summed E-state index contributed by atoms with van der Waals surface area (Å²) in [5.41, 5.74) is 5.27. The topological polar surface area (TPSA) is 103 Å². The minimum Gasteiger partial charge on any atom is -0.504 e. The number of anilines is 1. The summed E-state index contributed by atoms with van der Waals surface area (Å²) in [5.74, 6) is -0.245. The predicted molar refractivity (Wildman–Crippen MR) is 137 cm³/mol. The molecule has 1 saturated heterocycles. The second-order valence-corrected chi connectivity index (χ2v) is 9.06. The lowest BCUT2D eigenvalue weighted by atomic mass is 9.94. The van der Waals surface area contributed by atoms with Crippen LogP contribution in [0.2, 0.25) is 0 Å². The number of esters is 1. The Morgan fingerprint density at radius 2 is 1.89 bits per heavy atom. The number of nitrogens with zero attached hydrogens (tertiary/aromatic N) is 2. The second kappa shape index (κ2) is 10.9. The van der Waals surface area contributed by atoms with Crippen molar-refractivity contribution in [2.45, 2.75) is 26.8 Å². The Balaban J connectivity index is 1.57. The molecule has 0 bridgehead atoms. The van der Waals surface area contributed by atoms with E-state index in [-0.39, 0.29) is 11.5 Å². The minimum atomic E-state index is -0.739. The molecule has 2 heterocycles. The molecule has 2 aliphatic heterocycles. The van der Waals surface area contributed by atoms with Crippen LogP contribution >= 0.6 is 0 Å². The molecule has 2 aromatic rings. The van der Waals surface area contributed by atoms with Crippen LogP contribution in [0, 0.1) is 13.8 Å². The van der Waals surface area contributed by atoms with Gasteiger partial charge in [-0.1, -0.05) is 18.2 Å². The van der Waals surface area contributed by atoms with Crippen molar-refractivity contribution < 1.29 is 24.2 Å². The maximum Gasteiger partial charge on any atom is 0.338 e. The Morgan fingerprint density at radius 3 is 2.58 bits per heavy atom. The largest absolute Gasteiger partial charge is 0.504 e. The van der Waals surface area contributed by atoms with E-state index < -0.39 is 18.0 Å². The number of benzene rings is 2. The molecule has 0 aliphatic carbocycles. The number of ether oxygens (including phenoxy) is 2. The monoisotopic (exact) mass is 494 g/mol. The smallest absolute Gasteiger partial charge is 0.338 e. The van der Waals surface area contributed by atoms with Crippen LogP contribution in [0.25, 0.3) is 0 Å². The van der Waals surface area contributed by atoms with Crippen LogP contribution in [-0.4, -0.2) is 68.4 Å². The normalized spacial score (nSPS) is 18.5. The zero-order valence-electron chi connectivity index (χ0n) is 21.3. The molecule has 1 fully saturated rings. The van der Waals surface area contributed by atoms with Gasteiger partial charge in [0.25, 0.3) is 0 Å². The summed E-state index contributed by atoms with van der Waals surface area (Å²) in [5, 5.41) is 15.8. The van der Waals surface area contributed by atoms with Gasteiger partial charge < -0.3 is 30.1 Å². The number of urea groups is 1. The number of aryl methyl sites for hydroxylation is 1. The number of aromatic hydroxyl groups is 1. The van der Waals surface area contributed by atoms with Gasteiger partial charge in [0.15, 0.2) is 11.5 Å². The highest BCUT2D eigenvalue weighted by Crippen LogP contribution is 2.34. The lowest BCUT2D eigenvalue weighted by Gasteiger charge is -2.38. The summed E-state index contributed by atoms with van der Waals surface area (Å²) in [6, 6.07) is 10.0. The van der Waals surface area contributed by atoms with Crippen molar-refractivity contribution in [1.29, 1.82) is 0 Å². The summed E-state index contributed by atoms with van der Waals surface area (Å²) >= 11 is 0. The summed E-state index contributed by atoms with van der Waals surface area (Å²) in [6.45, 7) is 10.1. The average Bonchev–Trinajstić information content (AvgIpc) is 2.87. The summed E-state index contributed by atoms with van der Waals surface area (Å²) in [4.78, 5) is 30.1. The van der Waals surface area contributed by atoms with Gasteiger partial charge in [0.05, 0.1) is 25.3 Å². The highest BCUT2D eigenvalue weighted by atomic mass is 16.5. The summed E-state index contributed by atoms with van der Waals surface area (Å²) < 4.78 is 10.6. The number of carbonyl (C=O) groups excluding carboxylic acids is 2. The maximum absolute atomic E-state index is 12.9. The van der Waals surface area contributed by atoms with Crippen molar-refractivity contribution in [1.82, 2.24) is 15.5 Å². The van der Waals surface area contributed by atoms with E-state index >= 15 is 0 Å². The first-order valence-corrected chi connectivity index (χ1v) is 12.2. The molecule has 2 aromatic carbocycles. The van der Waals surface area contributed by atoms with Crippen molar-refractivity contribution >= 4 is 17.7 Å². The lowest BCUT2D eigenvalue weighted by Crippen LogP contribution is -2.51. The number of hydrogen-bond acceptors (Lipinski definition) is 7. The van der Waals surface area contributed by atoms with Gasteiger partial charge >= 0.3 is 12.0 Å². The van der Waals surface area contributed by atoms with Crippen molar-refractivity contribution in [3.8, 4) is 11.5 Å². The number of hydrogen-bond donors (Lipinski definition) is 3. The number of amides is 2. The van der Waals surface area contributed by atoms with Crippen LogP contribution in [0.3, 0.4) is 0 Å². The van der Waals surface area contributed by atoms with Gasteiger partial charge in [-0.3, -0.25) is 4.90 Å². The third kappa shape index (κ3) is 5.26. The first-order chi connectivity index (χ1) is 17.3. The fourth-order valence-electron chi connectivity index (χ4n) is 4.77. The number of carbonyl (C=O) groups is 2. The average molecular weight is 495 g/mol. The highest BCUT2D eigenvalue weighted by molar-refractivity contribution is 5.95. The molecule has 0 aromatic heterocycles. The number of nitrogens with one attached hydrogen (secondary N) is 2. The molecule has 9 heteroatoms. The molecule has 3 N–H and O–H groups in total. The fraction of sp³-hybridized carbons (Fsp3) is 0.407. The standard InChI is InChI=1S/C27H34N4O5/c1-5-36-23-15-19(9-10-22(23)32)25-24(26(33)35-4)20(28-27(34)29-25)16-30-11-13-31(14-12-30)21-8-6-7-17(2)18(21)3/h6-10,15,25,32H,5,11-14,16H2,1-4H3,(H2,28,29,34). The lowest BCUT2D eigenvalue weighted by molar-refractivity contribution is -0.136. The van der Waals surface area contributed by atoms with Gasteiger partial charge in [0.2, 0.25) is 0 Å². The number of rotatable bonds is 7. The second-order valence-electron chi connectivity index (χ2n) is 9.06. The van der Waals surface area contributed by atoms with Crippen molar-refractivity contribution in [2.24, 2.45) is 0 Å². The van der Waals surface area contributed by atoms with E-state index in [1.807, 2.05) is 6.92 Å². The third-order valence-corrected chi connectivity index (χ3v) is 6.85. The van der Waals surface area contributed by atoms with Crippen LogP contribution in [-0.2, 0) is 9.53 Å². The quantitative estimate of drug-likeness (QED) is 0.509. The van der Waals surface area contributed by atoms with E-state index in [4.69, 9.17) is 9.47 Å². The third-order valence-electron chi connectivity index (χ3n) is 6.85. The van der Waals surface area contributed by atoms with E-state index in [1.54, 1.807) is 12.1 Å². The molecule has 2 aliphatic rings. The zero-order valence-corrected chi connectivity index (χ0v) is 21.3. The highest BCUT2D eigenvalue weighted by Gasteiger charge is 2.35. The van der Waals surface area contributed by atoms with E-state index in [2.05, 4.69) is 52.5 Å². The Morgan fingerprint density at radius 1 is 1.14 bits per heavy atom. The van der Waals surface area contributed by atoms with E-state index in [0.717, 1.165) is 26.2 Å². The fourth-order valence-corrected chi connectivity index (χ4v) is 4.77. The molecule has 0 spiro atoms. The molecule has 1 unspecified atom stereocenters. The van der Waals surface area contributed by atoms with Crippen LogP contribution in [0.1, 0.15) is 29.7 Å². The molecule has 9 nitrogen and oxygen atoms in total. The Kier molecular flexibility index (Phi) is 7.69. The van der Waals surface area contributed by atoms with Crippen LogP contribution in [0.15, 0.2) is 47.7 Å². The number of piperazine rings is 1. The number of phenols is 1. The summed E-state index contributed by atoms with van der Waals surface area (Å²) in [7, 11) is 1.33. The van der Waals surface area contributed by atoms with E-state index in [0.29, 0.717) is 30.0 Å². The molecular weight excluding hydrogens is 460 g/mol. The molecule has 192 valence electrons. The molecule has 0 saturated carbocycles. The Hall–Kier alpha value is -3.72. The molecule has 36 heavy (non-hydrogen) atoms. The van der Waals surface area contributed by atoms with Gasteiger partial charge in [-0.05, 0) is 55.7 Å². The van der Waals surface area contributed by atoms with Gasteiger partial charge in [-0.2, -0.15) is 0 Å². The molecular formula is C27H34N4O5. The van der Waals surface area contributed by atoms with Gasteiger partial charge in [0, 0.05) is 44.1 Å². The Labute approximate surface area is 211 Å². The SMILES string of the molecule is CCOc1cc(C2NC(=O)NC(CN3CCN(c4cccc(C)c4C)CC3)=C2C(=O)OC)ccc1O. The number of methoxy groups -OCH3 is 1. The van der Waals surface area contributed by atoms with Crippen molar-refractivity contribution in [3.63, 3.8) is 0 Å². The van der Waals surface area contributed by atoms with Crippen LogP contribution < -0.4 is 20.3 Å². The zero-order chi connectivity index (χ0) is 25.8. The minimum absolute atomic E-state index is 0.00796. The molecule has 0 radical (unpaired) electrons. The van der Waals surface area contributed by atoms with Crippen molar-refractivity contribution in [3.05, 3.63) is 64.4 Å². The van der Waals surface area contributed by atoms with Gasteiger partial charge in [0.1, 0.15) is 0 Å². The number of phenolic OH excluding ortho intramolecular Hbond substituents is 1. The van der Waals surface area contributed by atoms with E-state index in [9.17, 15) is 14.7 Å². The Bertz CT molecular complexity index is 1170. The van der Waals surface area contributed by atoms with Crippen molar-refractivity contribution in [2.75, 3.05) is 51.3 Å². The van der Waals surface area contributed by atoms with Crippen LogP contribution in [0.4, 0.5) is 10.5 Å². The van der Waals surface area contributed by atoms with Crippen LogP contribution in [0.5, 0.6) is 11.5 Å². The summed E-state index contributed by atoms with van der Waals surface area (Å²) in [6.07, 6.45) is 0. The maximum atomic E-state index is 12.9. The van der Waals surface area contributed by atoms with Gasteiger partial charge in [-0.15, -0.1) is 0 Å². The molecule has 1 atom stereocenters. The first kappa shape index (κ1) is 25.4. The van der Waals surface area contributed by atoms with Gasteiger partial charge in [-0.25, -0.2) is 9.59 Å². The molecule has 4 rings (SSSR count). The van der Waals surface area contributed by atoms with E-state index in [1.165, 1.54) is 30.0 Å².